The summed E-state index contributed by atoms with van der Waals surface area (Å²) in [5, 5.41) is 0. The molecule has 0 aromatic heterocycles. The van der Waals surface area contributed by atoms with Crippen molar-refractivity contribution in [2.24, 2.45) is 5.92 Å². The number of alkyl halides is 1. The Morgan fingerprint density at radius 2 is 1.80 bits per heavy atom. The number of rotatable bonds is 2. The smallest absolute Gasteiger partial charge is 0.341 e. The molecule has 1 saturated carbocycles. The zero-order chi connectivity index (χ0) is 11.5. The van der Waals surface area contributed by atoms with Crippen LogP contribution in [0, 0.1) is 5.92 Å². The molecule has 1 unspecified atom stereocenters. The van der Waals surface area contributed by atoms with Crippen LogP contribution < -0.4 is 0 Å². The van der Waals surface area contributed by atoms with Gasteiger partial charge in [-0.25, -0.2) is 9.18 Å². The van der Waals surface area contributed by atoms with Crippen LogP contribution in [0.1, 0.15) is 52.9 Å². The van der Waals surface area contributed by atoms with Gasteiger partial charge in [0.1, 0.15) is 5.60 Å². The van der Waals surface area contributed by atoms with Gasteiger partial charge < -0.3 is 4.74 Å². The van der Waals surface area contributed by atoms with Gasteiger partial charge >= 0.3 is 5.97 Å². The fourth-order valence-corrected chi connectivity index (χ4v) is 1.98. The van der Waals surface area contributed by atoms with Crippen LogP contribution in [0.5, 0.6) is 0 Å². The molecule has 0 saturated heterocycles. The third-order valence-corrected chi connectivity index (χ3v) is 2.70. The van der Waals surface area contributed by atoms with Crippen LogP contribution in [0.3, 0.4) is 0 Å². The van der Waals surface area contributed by atoms with E-state index in [9.17, 15) is 9.18 Å². The van der Waals surface area contributed by atoms with E-state index in [2.05, 4.69) is 0 Å². The SMILES string of the molecule is CC(C)(C)OC(=O)C(F)C1CCCCC1. The molecule has 0 spiro atoms. The molecule has 1 aliphatic carbocycles. The third kappa shape index (κ3) is 4.18. The largest absolute Gasteiger partial charge is 0.458 e. The van der Waals surface area contributed by atoms with Gasteiger partial charge in [-0.15, -0.1) is 0 Å². The van der Waals surface area contributed by atoms with Gasteiger partial charge in [0.2, 0.25) is 0 Å². The fourth-order valence-electron chi connectivity index (χ4n) is 1.98. The Labute approximate surface area is 91.2 Å². The topological polar surface area (TPSA) is 26.3 Å². The molecule has 1 fully saturated rings. The summed E-state index contributed by atoms with van der Waals surface area (Å²) in [5.74, 6) is -0.803. The van der Waals surface area contributed by atoms with Crippen molar-refractivity contribution >= 4 is 5.97 Å². The zero-order valence-corrected chi connectivity index (χ0v) is 9.88. The molecule has 0 aromatic rings. The van der Waals surface area contributed by atoms with E-state index >= 15 is 0 Å². The molecule has 1 atom stereocenters. The standard InChI is InChI=1S/C12H21FO2/c1-12(2,3)15-11(14)10(13)9-7-5-4-6-8-9/h9-10H,4-8H2,1-3H3. The van der Waals surface area contributed by atoms with Crippen molar-refractivity contribution in [3.63, 3.8) is 0 Å². The summed E-state index contributed by atoms with van der Waals surface area (Å²) in [6.45, 7) is 5.29. The molecule has 88 valence electrons. The van der Waals surface area contributed by atoms with E-state index in [0.717, 1.165) is 32.1 Å². The Hall–Kier alpha value is -0.600. The van der Waals surface area contributed by atoms with Gasteiger partial charge in [-0.1, -0.05) is 19.3 Å². The second-order valence-electron chi connectivity index (χ2n) is 5.33. The van der Waals surface area contributed by atoms with Crippen molar-refractivity contribution in [2.45, 2.75) is 64.6 Å². The number of esters is 1. The predicted octanol–water partition coefficient (Wildman–Crippen LogP) is 3.25. The Morgan fingerprint density at radius 3 is 2.27 bits per heavy atom. The van der Waals surface area contributed by atoms with Gasteiger partial charge in [0.05, 0.1) is 0 Å². The van der Waals surface area contributed by atoms with E-state index in [0.29, 0.717) is 0 Å². The summed E-state index contributed by atoms with van der Waals surface area (Å²) in [5.41, 5.74) is -0.587. The number of halogens is 1. The van der Waals surface area contributed by atoms with Gasteiger partial charge in [0.15, 0.2) is 6.17 Å². The summed E-state index contributed by atoms with van der Waals surface area (Å²) in [6.07, 6.45) is 3.45. The van der Waals surface area contributed by atoms with Crippen LogP contribution in [-0.2, 0) is 9.53 Å². The predicted molar refractivity (Wildman–Crippen MR) is 57.3 cm³/mol. The van der Waals surface area contributed by atoms with Gasteiger partial charge in [-0.2, -0.15) is 0 Å². The summed E-state index contributed by atoms with van der Waals surface area (Å²) in [4.78, 5) is 11.5. The van der Waals surface area contributed by atoms with Gasteiger partial charge in [-0.05, 0) is 33.6 Å². The van der Waals surface area contributed by atoms with Gasteiger partial charge in [-0.3, -0.25) is 0 Å². The third-order valence-electron chi connectivity index (χ3n) is 2.70. The Kier molecular flexibility index (Phi) is 4.12. The van der Waals surface area contributed by atoms with Crippen molar-refractivity contribution in [1.29, 1.82) is 0 Å². The molecule has 0 radical (unpaired) electrons. The molecule has 15 heavy (non-hydrogen) atoms. The van der Waals surface area contributed by atoms with Crippen LogP contribution in [0.25, 0.3) is 0 Å². The Balaban J connectivity index is 2.44. The lowest BCUT2D eigenvalue weighted by molar-refractivity contribution is -0.163. The maximum absolute atomic E-state index is 13.7. The van der Waals surface area contributed by atoms with E-state index in [1.165, 1.54) is 0 Å². The lowest BCUT2D eigenvalue weighted by Gasteiger charge is -2.27. The lowest BCUT2D eigenvalue weighted by atomic mass is 9.86. The second-order valence-corrected chi connectivity index (χ2v) is 5.33. The Morgan fingerprint density at radius 1 is 1.27 bits per heavy atom. The molecular weight excluding hydrogens is 195 g/mol. The molecular formula is C12H21FO2. The molecule has 1 aliphatic rings. The van der Waals surface area contributed by atoms with Crippen LogP contribution in [0.2, 0.25) is 0 Å². The van der Waals surface area contributed by atoms with E-state index < -0.39 is 17.7 Å². The maximum atomic E-state index is 13.7. The highest BCUT2D eigenvalue weighted by atomic mass is 19.1. The minimum Gasteiger partial charge on any atom is -0.458 e. The summed E-state index contributed by atoms with van der Waals surface area (Å²) in [6, 6.07) is 0. The molecule has 0 aromatic carbocycles. The molecule has 0 bridgehead atoms. The highest BCUT2D eigenvalue weighted by Crippen LogP contribution is 2.29. The van der Waals surface area contributed by atoms with E-state index in [1.807, 2.05) is 0 Å². The van der Waals surface area contributed by atoms with Crippen molar-refractivity contribution in [2.75, 3.05) is 0 Å². The number of carbonyl (C=O) groups is 1. The Bertz CT molecular complexity index is 214. The number of ether oxygens (including phenoxy) is 1. The van der Waals surface area contributed by atoms with E-state index in [1.54, 1.807) is 20.8 Å². The molecule has 3 heteroatoms. The fraction of sp³-hybridized carbons (Fsp3) is 0.917. The van der Waals surface area contributed by atoms with E-state index in [4.69, 9.17) is 4.74 Å². The lowest BCUT2D eigenvalue weighted by Crippen LogP contribution is -2.34. The molecule has 0 aliphatic heterocycles. The molecule has 0 heterocycles. The second kappa shape index (κ2) is 4.95. The van der Waals surface area contributed by atoms with Crippen molar-refractivity contribution in [1.82, 2.24) is 0 Å². The molecule has 2 nitrogen and oxygen atoms in total. The van der Waals surface area contributed by atoms with Crippen LogP contribution in [0.4, 0.5) is 4.39 Å². The van der Waals surface area contributed by atoms with Crippen molar-refractivity contribution in [3.8, 4) is 0 Å². The van der Waals surface area contributed by atoms with Gasteiger partial charge in [0.25, 0.3) is 0 Å². The monoisotopic (exact) mass is 216 g/mol. The molecule has 0 amide bonds. The quantitative estimate of drug-likeness (QED) is 0.662. The number of hydrogen-bond acceptors (Lipinski definition) is 2. The van der Waals surface area contributed by atoms with E-state index in [-0.39, 0.29) is 5.92 Å². The average Bonchev–Trinajstić information content (AvgIpc) is 2.15. The molecule has 1 rings (SSSR count). The first-order valence-electron chi connectivity index (χ1n) is 5.77. The minimum atomic E-state index is -1.43. The first-order chi connectivity index (χ1) is 6.90. The van der Waals surface area contributed by atoms with Crippen LogP contribution in [-0.4, -0.2) is 17.7 Å². The normalized spacial score (nSPS) is 21.1. The number of carbonyl (C=O) groups excluding carboxylic acids is 1. The van der Waals surface area contributed by atoms with Crippen molar-refractivity contribution in [3.05, 3.63) is 0 Å². The summed E-state index contributed by atoms with van der Waals surface area (Å²) in [7, 11) is 0. The van der Waals surface area contributed by atoms with Crippen LogP contribution >= 0.6 is 0 Å². The van der Waals surface area contributed by atoms with Gasteiger partial charge in [0, 0.05) is 5.92 Å². The average molecular weight is 216 g/mol. The molecule has 0 N–H and O–H groups in total. The first-order valence-corrected chi connectivity index (χ1v) is 5.77. The van der Waals surface area contributed by atoms with Crippen LogP contribution in [0.15, 0.2) is 0 Å². The van der Waals surface area contributed by atoms with Crippen molar-refractivity contribution < 1.29 is 13.9 Å². The number of hydrogen-bond donors (Lipinski definition) is 0. The zero-order valence-electron chi connectivity index (χ0n) is 9.88. The highest BCUT2D eigenvalue weighted by Gasteiger charge is 2.32. The maximum Gasteiger partial charge on any atom is 0.341 e. The first kappa shape index (κ1) is 12.5. The highest BCUT2D eigenvalue weighted by molar-refractivity contribution is 5.75. The summed E-state index contributed by atoms with van der Waals surface area (Å²) < 4.78 is 18.8. The summed E-state index contributed by atoms with van der Waals surface area (Å²) >= 11 is 0. The minimum absolute atomic E-state index is 0.117.